The van der Waals surface area contributed by atoms with Crippen LogP contribution >= 0.6 is 0 Å². The molecule has 27 heavy (non-hydrogen) atoms. The molecular weight excluding hydrogens is 363 g/mol. The van der Waals surface area contributed by atoms with Crippen molar-refractivity contribution in [3.05, 3.63) is 53.0 Å². The first kappa shape index (κ1) is 17.7. The molecule has 142 valence electrons. The second-order valence-corrected chi connectivity index (χ2v) is 6.37. The molecule has 1 aliphatic rings. The molecule has 2 aromatic carbocycles. The fraction of sp³-hybridized carbons (Fsp3) is 0.316. The molecule has 0 spiro atoms. The number of aromatic nitrogens is 1. The lowest BCUT2D eigenvalue weighted by molar-refractivity contribution is -0.274. The minimum atomic E-state index is -4.73. The van der Waals surface area contributed by atoms with Gasteiger partial charge in [-0.3, -0.25) is 4.57 Å². The summed E-state index contributed by atoms with van der Waals surface area (Å²) in [5.41, 5.74) is 2.54. The first-order valence-electron chi connectivity index (χ1n) is 8.50. The van der Waals surface area contributed by atoms with Crippen molar-refractivity contribution in [2.24, 2.45) is 0 Å². The Kier molecular flexibility index (Phi) is 4.43. The van der Waals surface area contributed by atoms with Crippen LogP contribution in [0.1, 0.15) is 12.8 Å². The minimum Gasteiger partial charge on any atom is -0.408 e. The fourth-order valence-electron chi connectivity index (χ4n) is 3.26. The van der Waals surface area contributed by atoms with E-state index in [1.54, 1.807) is 18.2 Å². The quantitative estimate of drug-likeness (QED) is 0.677. The highest BCUT2D eigenvalue weighted by atomic mass is 19.4. The van der Waals surface area contributed by atoms with Gasteiger partial charge in [0.05, 0.1) is 18.2 Å². The summed E-state index contributed by atoms with van der Waals surface area (Å²) in [6, 6.07) is 10.8. The van der Waals surface area contributed by atoms with E-state index < -0.39 is 12.1 Å². The molecule has 0 N–H and O–H groups in total. The van der Waals surface area contributed by atoms with Gasteiger partial charge in [0.15, 0.2) is 5.58 Å². The molecule has 1 unspecified atom stereocenters. The third-order valence-electron chi connectivity index (χ3n) is 4.50. The molecule has 1 fully saturated rings. The average Bonchev–Trinajstić information content (AvgIpc) is 3.23. The maximum atomic E-state index is 12.3. The van der Waals surface area contributed by atoms with Gasteiger partial charge in [-0.15, -0.1) is 13.2 Å². The zero-order chi connectivity index (χ0) is 19.0. The normalized spacial score (nSPS) is 17.5. The Morgan fingerprint density at radius 1 is 1.11 bits per heavy atom. The highest BCUT2D eigenvalue weighted by molar-refractivity contribution is 5.80. The molecule has 0 saturated carbocycles. The largest absolute Gasteiger partial charge is 0.573 e. The van der Waals surface area contributed by atoms with Crippen molar-refractivity contribution >= 4 is 11.1 Å². The first-order valence-corrected chi connectivity index (χ1v) is 8.50. The summed E-state index contributed by atoms with van der Waals surface area (Å²) in [6.07, 6.45) is -2.90. The van der Waals surface area contributed by atoms with Gasteiger partial charge in [0, 0.05) is 6.61 Å². The van der Waals surface area contributed by atoms with Crippen LogP contribution in [0.15, 0.2) is 51.7 Å². The fourth-order valence-corrected chi connectivity index (χ4v) is 3.26. The molecule has 8 heteroatoms. The topological polar surface area (TPSA) is 53.6 Å². The summed E-state index contributed by atoms with van der Waals surface area (Å²) in [7, 11) is 0. The van der Waals surface area contributed by atoms with Crippen molar-refractivity contribution in [1.29, 1.82) is 0 Å². The van der Waals surface area contributed by atoms with E-state index in [-0.39, 0.29) is 11.9 Å². The number of halogens is 3. The standard InChI is InChI=1S/C19H16F3NO4/c20-19(21,22)27-14-6-3-12(4-7-14)13-5-8-17-16(10-13)23(18(24)26-17)11-15-2-1-9-25-15/h3-8,10,15H,1-2,9,11H2. The molecule has 4 rings (SSSR count). The Morgan fingerprint density at radius 2 is 1.85 bits per heavy atom. The van der Waals surface area contributed by atoms with E-state index in [2.05, 4.69) is 4.74 Å². The van der Waals surface area contributed by atoms with Gasteiger partial charge in [0.2, 0.25) is 0 Å². The Bertz CT molecular complexity index is 998. The third kappa shape index (κ3) is 3.85. The van der Waals surface area contributed by atoms with Crippen LogP contribution in [0.5, 0.6) is 5.75 Å². The maximum absolute atomic E-state index is 12.3. The number of ether oxygens (including phenoxy) is 2. The third-order valence-corrected chi connectivity index (χ3v) is 4.50. The molecule has 1 atom stereocenters. The lowest BCUT2D eigenvalue weighted by atomic mass is 10.1. The van der Waals surface area contributed by atoms with E-state index in [0.29, 0.717) is 29.8 Å². The highest BCUT2D eigenvalue weighted by Crippen LogP contribution is 2.28. The van der Waals surface area contributed by atoms with Crippen molar-refractivity contribution in [3.63, 3.8) is 0 Å². The van der Waals surface area contributed by atoms with Gasteiger partial charge in [0.1, 0.15) is 5.75 Å². The Hall–Kier alpha value is -2.74. The number of hydrogen-bond acceptors (Lipinski definition) is 4. The minimum absolute atomic E-state index is 0.0223. The molecule has 1 aromatic heterocycles. The summed E-state index contributed by atoms with van der Waals surface area (Å²) in [6.45, 7) is 1.10. The number of alkyl halides is 3. The molecule has 0 aliphatic carbocycles. The monoisotopic (exact) mass is 379 g/mol. The van der Waals surface area contributed by atoms with E-state index in [0.717, 1.165) is 18.4 Å². The molecule has 0 radical (unpaired) electrons. The van der Waals surface area contributed by atoms with Gasteiger partial charge in [-0.25, -0.2) is 4.79 Å². The second-order valence-electron chi connectivity index (χ2n) is 6.37. The Labute approximate surface area is 151 Å². The van der Waals surface area contributed by atoms with Crippen LogP contribution in [-0.2, 0) is 11.3 Å². The molecule has 0 bridgehead atoms. The van der Waals surface area contributed by atoms with Crippen LogP contribution in [0.4, 0.5) is 13.2 Å². The molecule has 1 aliphatic heterocycles. The molecule has 3 aromatic rings. The van der Waals surface area contributed by atoms with Gasteiger partial charge in [-0.1, -0.05) is 18.2 Å². The number of fused-ring (bicyclic) bond motifs is 1. The van der Waals surface area contributed by atoms with Gasteiger partial charge >= 0.3 is 12.1 Å². The predicted octanol–water partition coefficient (Wildman–Crippen LogP) is 4.34. The van der Waals surface area contributed by atoms with Crippen molar-refractivity contribution in [1.82, 2.24) is 4.57 Å². The van der Waals surface area contributed by atoms with Gasteiger partial charge in [0.25, 0.3) is 0 Å². The van der Waals surface area contributed by atoms with Crippen molar-refractivity contribution in [2.75, 3.05) is 6.61 Å². The zero-order valence-electron chi connectivity index (χ0n) is 14.2. The average molecular weight is 379 g/mol. The van der Waals surface area contributed by atoms with E-state index in [9.17, 15) is 18.0 Å². The second kappa shape index (κ2) is 6.77. The summed E-state index contributed by atoms with van der Waals surface area (Å²) in [5, 5.41) is 0. The summed E-state index contributed by atoms with van der Waals surface area (Å²) < 4.78 is 53.1. The molecule has 5 nitrogen and oxygen atoms in total. The molecule has 0 amide bonds. The number of rotatable bonds is 4. The maximum Gasteiger partial charge on any atom is 0.573 e. The zero-order valence-corrected chi connectivity index (χ0v) is 14.2. The van der Waals surface area contributed by atoms with Gasteiger partial charge in [-0.2, -0.15) is 0 Å². The number of nitrogens with zero attached hydrogens (tertiary/aromatic N) is 1. The van der Waals surface area contributed by atoms with Crippen LogP contribution in [-0.4, -0.2) is 23.6 Å². The highest BCUT2D eigenvalue weighted by Gasteiger charge is 2.31. The first-order chi connectivity index (χ1) is 12.9. The van der Waals surface area contributed by atoms with Crippen molar-refractivity contribution < 1.29 is 27.1 Å². The van der Waals surface area contributed by atoms with Crippen LogP contribution in [0.25, 0.3) is 22.2 Å². The Balaban J connectivity index is 1.65. The van der Waals surface area contributed by atoms with Crippen LogP contribution in [0.2, 0.25) is 0 Å². The summed E-state index contributed by atoms with van der Waals surface area (Å²) in [5.74, 6) is -0.738. The smallest absolute Gasteiger partial charge is 0.408 e. The van der Waals surface area contributed by atoms with Gasteiger partial charge < -0.3 is 13.9 Å². The number of oxazole rings is 1. The molecular formula is C19H16F3NO4. The number of benzene rings is 2. The SMILES string of the molecule is O=c1oc2ccc(-c3ccc(OC(F)(F)F)cc3)cc2n1CC1CCCO1. The van der Waals surface area contributed by atoms with E-state index in [1.807, 2.05) is 0 Å². The number of hydrogen-bond donors (Lipinski definition) is 0. The van der Waals surface area contributed by atoms with E-state index >= 15 is 0 Å². The van der Waals surface area contributed by atoms with E-state index in [4.69, 9.17) is 9.15 Å². The Morgan fingerprint density at radius 3 is 2.52 bits per heavy atom. The predicted molar refractivity (Wildman–Crippen MR) is 91.6 cm³/mol. The van der Waals surface area contributed by atoms with Crippen molar-refractivity contribution in [3.8, 4) is 16.9 Å². The molecule has 1 saturated heterocycles. The lowest BCUT2D eigenvalue weighted by Gasteiger charge is -2.11. The van der Waals surface area contributed by atoms with Crippen molar-refractivity contribution in [2.45, 2.75) is 31.9 Å². The summed E-state index contributed by atoms with van der Waals surface area (Å²) >= 11 is 0. The lowest BCUT2D eigenvalue weighted by Crippen LogP contribution is -2.22. The van der Waals surface area contributed by atoms with Crippen LogP contribution in [0.3, 0.4) is 0 Å². The van der Waals surface area contributed by atoms with Gasteiger partial charge in [-0.05, 0) is 48.2 Å². The summed E-state index contributed by atoms with van der Waals surface area (Å²) in [4.78, 5) is 12.2. The molecule has 2 heterocycles. The van der Waals surface area contributed by atoms with Crippen LogP contribution in [0, 0.1) is 0 Å². The van der Waals surface area contributed by atoms with Crippen LogP contribution < -0.4 is 10.5 Å². The van der Waals surface area contributed by atoms with E-state index in [1.165, 1.54) is 28.8 Å².